The van der Waals surface area contributed by atoms with Crippen LogP contribution in [0.5, 0.6) is 11.5 Å². The second kappa shape index (κ2) is 8.37. The van der Waals surface area contributed by atoms with E-state index < -0.39 is 0 Å². The predicted molar refractivity (Wildman–Crippen MR) is 100 cm³/mol. The number of hydrogen-bond donors (Lipinski definition) is 0. The number of ether oxygens (including phenoxy) is 2. The Morgan fingerprint density at radius 3 is 2.72 bits per heavy atom. The third-order valence-electron chi connectivity index (χ3n) is 4.77. The van der Waals surface area contributed by atoms with Gasteiger partial charge in [0, 0.05) is 17.8 Å². The van der Waals surface area contributed by atoms with Crippen molar-refractivity contribution in [1.82, 2.24) is 4.90 Å². The fourth-order valence-electron chi connectivity index (χ4n) is 3.54. The van der Waals surface area contributed by atoms with Crippen LogP contribution in [0.2, 0.25) is 0 Å². The third-order valence-corrected chi connectivity index (χ3v) is 5.69. The molecule has 132 valence electrons. The maximum Gasteiger partial charge on any atom is 0.161 e. The zero-order chi connectivity index (χ0) is 17.6. The molecule has 0 amide bonds. The van der Waals surface area contributed by atoms with E-state index in [4.69, 9.17) is 14.7 Å². The van der Waals surface area contributed by atoms with Crippen LogP contribution < -0.4 is 9.47 Å². The molecule has 0 bridgehead atoms. The van der Waals surface area contributed by atoms with Crippen LogP contribution in [-0.4, -0.2) is 32.2 Å². The van der Waals surface area contributed by atoms with Crippen molar-refractivity contribution in [2.24, 2.45) is 0 Å². The average Bonchev–Trinajstić information content (AvgIpc) is 3.17. The van der Waals surface area contributed by atoms with Crippen LogP contribution in [0, 0.1) is 11.3 Å². The largest absolute Gasteiger partial charge is 0.493 e. The van der Waals surface area contributed by atoms with Crippen molar-refractivity contribution in [3.05, 3.63) is 45.6 Å². The van der Waals surface area contributed by atoms with Gasteiger partial charge in [0.2, 0.25) is 0 Å². The molecule has 1 aromatic carbocycles. The summed E-state index contributed by atoms with van der Waals surface area (Å²) in [5, 5.41) is 10.9. The number of unbranched alkanes of at least 4 members (excludes halogenated alkanes) is 2. The number of methoxy groups -OCH3 is 2. The second-order valence-corrected chi connectivity index (χ2v) is 7.20. The van der Waals surface area contributed by atoms with Crippen molar-refractivity contribution in [3.63, 3.8) is 0 Å². The lowest BCUT2D eigenvalue weighted by Gasteiger charge is -2.37. The van der Waals surface area contributed by atoms with Crippen molar-refractivity contribution < 1.29 is 9.47 Å². The molecule has 0 radical (unpaired) electrons. The van der Waals surface area contributed by atoms with E-state index in [1.54, 1.807) is 25.6 Å². The highest BCUT2D eigenvalue weighted by Crippen LogP contribution is 2.42. The fourth-order valence-corrected chi connectivity index (χ4v) is 4.41. The molecule has 3 rings (SSSR count). The Bertz CT molecular complexity index is 737. The lowest BCUT2D eigenvalue weighted by molar-refractivity contribution is 0.211. The molecule has 0 saturated heterocycles. The van der Waals surface area contributed by atoms with E-state index in [0.717, 1.165) is 43.9 Å². The van der Waals surface area contributed by atoms with Gasteiger partial charge in [-0.25, -0.2) is 0 Å². The molecule has 2 heterocycles. The summed E-state index contributed by atoms with van der Waals surface area (Å²) in [5.74, 6) is 1.59. The molecule has 5 heteroatoms. The first kappa shape index (κ1) is 17.8. The number of nitrogens with zero attached hydrogens (tertiary/aromatic N) is 2. The lowest BCUT2D eigenvalue weighted by Crippen LogP contribution is -2.36. The van der Waals surface area contributed by atoms with Gasteiger partial charge in [0.1, 0.15) is 0 Å². The second-order valence-electron chi connectivity index (χ2n) is 6.23. The monoisotopic (exact) mass is 356 g/mol. The van der Waals surface area contributed by atoms with Gasteiger partial charge < -0.3 is 9.47 Å². The van der Waals surface area contributed by atoms with Crippen molar-refractivity contribution >= 4 is 11.3 Å². The fraction of sp³-hybridized carbons (Fsp3) is 0.450. The Balaban J connectivity index is 1.93. The van der Waals surface area contributed by atoms with Gasteiger partial charge in [0.05, 0.1) is 26.3 Å². The summed E-state index contributed by atoms with van der Waals surface area (Å²) in [5.41, 5.74) is 2.65. The summed E-state index contributed by atoms with van der Waals surface area (Å²) in [6.45, 7) is 2.04. The van der Waals surface area contributed by atoms with Crippen LogP contribution in [0.15, 0.2) is 29.6 Å². The molecule has 1 aliphatic heterocycles. The number of nitriles is 1. The number of benzene rings is 1. The van der Waals surface area contributed by atoms with Gasteiger partial charge in [-0.15, -0.1) is 11.3 Å². The van der Waals surface area contributed by atoms with Crippen LogP contribution in [0.4, 0.5) is 0 Å². The quantitative estimate of drug-likeness (QED) is 0.690. The highest BCUT2D eigenvalue weighted by atomic mass is 32.1. The van der Waals surface area contributed by atoms with Gasteiger partial charge in [-0.2, -0.15) is 5.26 Å². The van der Waals surface area contributed by atoms with E-state index in [0.29, 0.717) is 6.42 Å². The van der Waals surface area contributed by atoms with Crippen molar-refractivity contribution in [2.45, 2.75) is 31.7 Å². The number of fused-ring (bicyclic) bond motifs is 1. The first-order valence-electron chi connectivity index (χ1n) is 8.67. The molecule has 0 fully saturated rings. The highest BCUT2D eigenvalue weighted by molar-refractivity contribution is 7.10. The Morgan fingerprint density at radius 1 is 1.24 bits per heavy atom. The minimum absolute atomic E-state index is 0.255. The summed E-state index contributed by atoms with van der Waals surface area (Å²) in [4.78, 5) is 3.89. The van der Waals surface area contributed by atoms with E-state index in [1.807, 2.05) is 0 Å². The Labute approximate surface area is 153 Å². The molecule has 0 spiro atoms. The van der Waals surface area contributed by atoms with E-state index in [-0.39, 0.29) is 6.04 Å². The standard InChI is InChI=1S/C20H24N2O2S/c1-23-17-13-15-8-11-22(10-5-3-4-9-21)20(19-7-6-12-25-19)16(15)14-18(17)24-2/h6-7,12-14,20H,3-5,8,10-11H2,1-2H3/t20-/m1/s1. The summed E-state index contributed by atoms with van der Waals surface area (Å²) >= 11 is 1.80. The molecule has 0 saturated carbocycles. The smallest absolute Gasteiger partial charge is 0.161 e. The van der Waals surface area contributed by atoms with E-state index in [9.17, 15) is 0 Å². The van der Waals surface area contributed by atoms with E-state index in [2.05, 4.69) is 40.6 Å². The number of hydrogen-bond acceptors (Lipinski definition) is 5. The van der Waals surface area contributed by atoms with Crippen molar-refractivity contribution in [2.75, 3.05) is 27.3 Å². The highest BCUT2D eigenvalue weighted by Gasteiger charge is 2.30. The van der Waals surface area contributed by atoms with Crippen LogP contribution in [-0.2, 0) is 6.42 Å². The maximum atomic E-state index is 8.75. The minimum Gasteiger partial charge on any atom is -0.493 e. The summed E-state index contributed by atoms with van der Waals surface area (Å²) in [6.07, 6.45) is 3.66. The normalized spacial score (nSPS) is 16.9. The van der Waals surface area contributed by atoms with E-state index in [1.165, 1.54) is 16.0 Å². The van der Waals surface area contributed by atoms with Gasteiger partial charge >= 0.3 is 0 Å². The van der Waals surface area contributed by atoms with Crippen LogP contribution in [0.25, 0.3) is 0 Å². The number of thiophene rings is 1. The van der Waals surface area contributed by atoms with E-state index >= 15 is 0 Å². The molecular formula is C20H24N2O2S. The molecule has 4 nitrogen and oxygen atoms in total. The van der Waals surface area contributed by atoms with Crippen molar-refractivity contribution in [1.29, 1.82) is 5.26 Å². The molecule has 0 aliphatic carbocycles. The van der Waals surface area contributed by atoms with Crippen molar-refractivity contribution in [3.8, 4) is 17.6 Å². The van der Waals surface area contributed by atoms with Gasteiger partial charge in [-0.3, -0.25) is 4.90 Å². The molecule has 1 aromatic heterocycles. The zero-order valence-electron chi connectivity index (χ0n) is 14.8. The molecule has 2 aromatic rings. The SMILES string of the molecule is COc1cc2c(cc1OC)[C@H](c1cccs1)N(CCCCC#N)CC2. The topological polar surface area (TPSA) is 45.5 Å². The number of rotatable bonds is 7. The zero-order valence-corrected chi connectivity index (χ0v) is 15.6. The van der Waals surface area contributed by atoms with Gasteiger partial charge in [0.25, 0.3) is 0 Å². The first-order valence-corrected chi connectivity index (χ1v) is 9.55. The molecule has 1 atom stereocenters. The molecule has 0 unspecified atom stereocenters. The Kier molecular flexibility index (Phi) is 5.95. The Hall–Kier alpha value is -2.03. The molecule has 0 N–H and O–H groups in total. The van der Waals surface area contributed by atoms with Gasteiger partial charge in [0.15, 0.2) is 11.5 Å². The Morgan fingerprint density at radius 2 is 2.04 bits per heavy atom. The lowest BCUT2D eigenvalue weighted by atomic mass is 9.90. The van der Waals surface area contributed by atoms with Gasteiger partial charge in [-0.05, 0) is 60.5 Å². The maximum absolute atomic E-state index is 8.75. The van der Waals surface area contributed by atoms with Crippen LogP contribution >= 0.6 is 11.3 Å². The summed E-state index contributed by atoms with van der Waals surface area (Å²) in [7, 11) is 3.37. The molecular weight excluding hydrogens is 332 g/mol. The molecule has 25 heavy (non-hydrogen) atoms. The summed E-state index contributed by atoms with van der Waals surface area (Å²) in [6, 6.07) is 11.1. The van der Waals surface area contributed by atoms with Crippen LogP contribution in [0.1, 0.15) is 41.3 Å². The predicted octanol–water partition coefficient (Wildman–Crippen LogP) is 4.41. The minimum atomic E-state index is 0.255. The first-order chi connectivity index (χ1) is 12.3. The average molecular weight is 356 g/mol. The molecule has 1 aliphatic rings. The summed E-state index contributed by atoms with van der Waals surface area (Å²) < 4.78 is 11.0. The van der Waals surface area contributed by atoms with Gasteiger partial charge in [-0.1, -0.05) is 6.07 Å². The van der Waals surface area contributed by atoms with Crippen LogP contribution in [0.3, 0.4) is 0 Å². The third kappa shape index (κ3) is 3.81.